The van der Waals surface area contributed by atoms with E-state index in [1.54, 1.807) is 23.9 Å². The maximum absolute atomic E-state index is 13.4. The Kier molecular flexibility index (Phi) is 6.73. The average Bonchev–Trinajstić information content (AvgIpc) is 2.72. The standard InChI is InChI=1S/C24H24F2N2O/c1-27(16-18-13-14-21(25)22(26)15-18)17-23(29)28(2)24(19-9-5-3-6-10-19)20-11-7-4-8-12-20/h3-15,24H,16-17H2,1-2H3. The number of hydrogen-bond acceptors (Lipinski definition) is 2. The molecule has 0 radical (unpaired) electrons. The minimum absolute atomic E-state index is 0.0622. The van der Waals surface area contributed by atoms with Gasteiger partial charge in [0.1, 0.15) is 0 Å². The van der Waals surface area contributed by atoms with Crippen LogP contribution in [0.25, 0.3) is 0 Å². The summed E-state index contributed by atoms with van der Waals surface area (Å²) in [6.07, 6.45) is 0. The minimum Gasteiger partial charge on any atom is -0.334 e. The summed E-state index contributed by atoms with van der Waals surface area (Å²) in [6, 6.07) is 23.3. The lowest BCUT2D eigenvalue weighted by Gasteiger charge is -2.30. The second-order valence-corrected chi connectivity index (χ2v) is 7.15. The van der Waals surface area contributed by atoms with Crippen LogP contribution in [-0.2, 0) is 11.3 Å². The summed E-state index contributed by atoms with van der Waals surface area (Å²) in [6.45, 7) is 0.504. The van der Waals surface area contributed by atoms with Crippen LogP contribution in [0.15, 0.2) is 78.9 Å². The highest BCUT2D eigenvalue weighted by atomic mass is 19.2. The van der Waals surface area contributed by atoms with Gasteiger partial charge in [-0.1, -0.05) is 66.7 Å². The zero-order valence-electron chi connectivity index (χ0n) is 16.6. The number of hydrogen-bond donors (Lipinski definition) is 0. The van der Waals surface area contributed by atoms with Gasteiger partial charge in [-0.15, -0.1) is 0 Å². The first-order valence-corrected chi connectivity index (χ1v) is 9.43. The Morgan fingerprint density at radius 3 is 1.90 bits per heavy atom. The molecular formula is C24H24F2N2O. The third kappa shape index (κ3) is 5.27. The van der Waals surface area contributed by atoms with Crippen molar-refractivity contribution in [3.05, 3.63) is 107 Å². The summed E-state index contributed by atoms with van der Waals surface area (Å²) in [7, 11) is 3.57. The van der Waals surface area contributed by atoms with E-state index in [1.165, 1.54) is 6.07 Å². The molecule has 0 atom stereocenters. The molecule has 0 aliphatic heterocycles. The third-order valence-corrected chi connectivity index (χ3v) is 4.85. The van der Waals surface area contributed by atoms with Gasteiger partial charge in [0, 0.05) is 13.6 Å². The summed E-state index contributed by atoms with van der Waals surface area (Å²) in [5.74, 6) is -1.82. The minimum atomic E-state index is -0.882. The highest BCUT2D eigenvalue weighted by Crippen LogP contribution is 2.27. The van der Waals surface area contributed by atoms with Crippen molar-refractivity contribution >= 4 is 5.91 Å². The van der Waals surface area contributed by atoms with E-state index < -0.39 is 11.6 Å². The normalized spacial score (nSPS) is 11.1. The third-order valence-electron chi connectivity index (χ3n) is 4.85. The molecule has 0 saturated carbocycles. The number of carbonyl (C=O) groups is 1. The molecule has 0 unspecified atom stereocenters. The van der Waals surface area contributed by atoms with Crippen molar-refractivity contribution in [2.45, 2.75) is 12.6 Å². The van der Waals surface area contributed by atoms with E-state index in [0.29, 0.717) is 12.1 Å². The monoisotopic (exact) mass is 394 g/mol. The number of benzene rings is 3. The van der Waals surface area contributed by atoms with Gasteiger partial charge in [-0.2, -0.15) is 0 Å². The van der Waals surface area contributed by atoms with Gasteiger partial charge in [-0.05, 0) is 35.9 Å². The summed E-state index contributed by atoms with van der Waals surface area (Å²) >= 11 is 0. The van der Waals surface area contributed by atoms with Crippen LogP contribution < -0.4 is 0 Å². The quantitative estimate of drug-likeness (QED) is 0.583. The second kappa shape index (κ2) is 9.43. The van der Waals surface area contributed by atoms with E-state index in [1.807, 2.05) is 60.7 Å². The average molecular weight is 394 g/mol. The topological polar surface area (TPSA) is 23.6 Å². The molecule has 0 aliphatic carbocycles. The van der Waals surface area contributed by atoms with Crippen LogP contribution in [0.3, 0.4) is 0 Å². The first-order chi connectivity index (χ1) is 14.0. The molecule has 0 saturated heterocycles. The fourth-order valence-electron chi connectivity index (χ4n) is 3.40. The number of nitrogens with zero attached hydrogens (tertiary/aromatic N) is 2. The first kappa shape index (κ1) is 20.7. The molecule has 0 N–H and O–H groups in total. The molecule has 0 heterocycles. The van der Waals surface area contributed by atoms with Crippen molar-refractivity contribution in [3.63, 3.8) is 0 Å². The van der Waals surface area contributed by atoms with Crippen LogP contribution >= 0.6 is 0 Å². The van der Waals surface area contributed by atoms with Crippen molar-refractivity contribution in [3.8, 4) is 0 Å². The summed E-state index contributed by atoms with van der Waals surface area (Å²) in [5, 5.41) is 0. The highest BCUT2D eigenvalue weighted by molar-refractivity contribution is 5.79. The van der Waals surface area contributed by atoms with Crippen molar-refractivity contribution in [2.24, 2.45) is 0 Å². The number of amides is 1. The SMILES string of the molecule is CN(CC(=O)N(C)C(c1ccccc1)c1ccccc1)Cc1ccc(F)c(F)c1. The first-order valence-electron chi connectivity index (χ1n) is 9.43. The van der Waals surface area contributed by atoms with Gasteiger partial charge >= 0.3 is 0 Å². The van der Waals surface area contributed by atoms with Gasteiger partial charge in [-0.3, -0.25) is 9.69 Å². The Hall–Kier alpha value is -3.05. The van der Waals surface area contributed by atoms with Gasteiger partial charge in [0.15, 0.2) is 11.6 Å². The Morgan fingerprint density at radius 1 is 0.828 bits per heavy atom. The van der Waals surface area contributed by atoms with Crippen molar-refractivity contribution in [2.75, 3.05) is 20.6 Å². The van der Waals surface area contributed by atoms with E-state index in [0.717, 1.165) is 23.3 Å². The molecule has 3 nitrogen and oxygen atoms in total. The molecule has 1 amide bonds. The molecule has 3 aromatic rings. The van der Waals surface area contributed by atoms with Crippen LogP contribution in [-0.4, -0.2) is 36.3 Å². The highest BCUT2D eigenvalue weighted by Gasteiger charge is 2.24. The van der Waals surface area contributed by atoms with Gasteiger partial charge in [0.25, 0.3) is 0 Å². The van der Waals surface area contributed by atoms with Crippen LogP contribution in [0.1, 0.15) is 22.7 Å². The zero-order valence-corrected chi connectivity index (χ0v) is 16.6. The van der Waals surface area contributed by atoms with Crippen LogP contribution in [0.4, 0.5) is 8.78 Å². The number of likely N-dealkylation sites (N-methyl/N-ethyl adjacent to an activating group) is 2. The van der Waals surface area contributed by atoms with Crippen molar-refractivity contribution in [1.29, 1.82) is 0 Å². The van der Waals surface area contributed by atoms with Gasteiger partial charge in [-0.25, -0.2) is 8.78 Å². The van der Waals surface area contributed by atoms with Crippen LogP contribution in [0, 0.1) is 11.6 Å². The van der Waals surface area contributed by atoms with Gasteiger partial charge in [0.05, 0.1) is 12.6 Å². The van der Waals surface area contributed by atoms with Crippen LogP contribution in [0.5, 0.6) is 0 Å². The molecule has 5 heteroatoms. The molecule has 29 heavy (non-hydrogen) atoms. The molecule has 0 aromatic heterocycles. The van der Waals surface area contributed by atoms with E-state index in [2.05, 4.69) is 0 Å². The lowest BCUT2D eigenvalue weighted by atomic mass is 9.97. The molecule has 3 aromatic carbocycles. The molecule has 0 spiro atoms. The smallest absolute Gasteiger partial charge is 0.237 e. The molecule has 0 aliphatic rings. The molecule has 0 fully saturated rings. The van der Waals surface area contributed by atoms with Crippen molar-refractivity contribution < 1.29 is 13.6 Å². The maximum atomic E-state index is 13.4. The predicted molar refractivity (Wildman–Crippen MR) is 110 cm³/mol. The zero-order chi connectivity index (χ0) is 20.8. The summed E-state index contributed by atoms with van der Waals surface area (Å²) < 4.78 is 26.5. The van der Waals surface area contributed by atoms with Gasteiger partial charge in [0.2, 0.25) is 5.91 Å². The van der Waals surface area contributed by atoms with E-state index in [-0.39, 0.29) is 18.5 Å². The Labute approximate surface area is 170 Å². The maximum Gasteiger partial charge on any atom is 0.237 e. The van der Waals surface area contributed by atoms with E-state index >= 15 is 0 Å². The van der Waals surface area contributed by atoms with E-state index in [4.69, 9.17) is 0 Å². The fraction of sp³-hybridized carbons (Fsp3) is 0.208. The molecule has 150 valence electrons. The summed E-state index contributed by atoms with van der Waals surface area (Å²) in [5.41, 5.74) is 2.67. The number of rotatable bonds is 7. The second-order valence-electron chi connectivity index (χ2n) is 7.15. The Balaban J connectivity index is 1.74. The molecule has 3 rings (SSSR count). The molecule has 0 bridgehead atoms. The number of carbonyl (C=O) groups excluding carboxylic acids is 1. The predicted octanol–water partition coefficient (Wildman–Crippen LogP) is 4.64. The number of halogens is 2. The van der Waals surface area contributed by atoms with Crippen molar-refractivity contribution in [1.82, 2.24) is 9.80 Å². The lowest BCUT2D eigenvalue weighted by molar-refractivity contribution is -0.132. The fourth-order valence-corrected chi connectivity index (χ4v) is 3.40. The molecular weight excluding hydrogens is 370 g/mol. The van der Waals surface area contributed by atoms with Crippen LogP contribution in [0.2, 0.25) is 0 Å². The Morgan fingerprint density at radius 2 is 1.38 bits per heavy atom. The van der Waals surface area contributed by atoms with Gasteiger partial charge < -0.3 is 4.90 Å². The largest absolute Gasteiger partial charge is 0.334 e. The van der Waals surface area contributed by atoms with E-state index in [9.17, 15) is 13.6 Å². The lowest BCUT2D eigenvalue weighted by Crippen LogP contribution is -2.39. The summed E-state index contributed by atoms with van der Waals surface area (Å²) in [4.78, 5) is 16.5. The Bertz CT molecular complexity index is 908.